The second kappa shape index (κ2) is 8.14. The zero-order valence-corrected chi connectivity index (χ0v) is 18.6. The summed E-state index contributed by atoms with van der Waals surface area (Å²) < 4.78 is 14.1. The second-order valence-electron chi connectivity index (χ2n) is 8.18. The van der Waals surface area contributed by atoms with Crippen LogP contribution in [0.5, 0.6) is 0 Å². The topological polar surface area (TPSA) is 111 Å². The first-order chi connectivity index (χ1) is 16.3. The Morgan fingerprint density at radius 2 is 1.74 bits per heavy atom. The van der Waals surface area contributed by atoms with Crippen molar-refractivity contribution in [3.63, 3.8) is 0 Å². The highest BCUT2D eigenvalue weighted by Gasteiger charge is 2.44. The lowest BCUT2D eigenvalue weighted by Crippen LogP contribution is -2.44. The average Bonchev–Trinajstić information content (AvgIpc) is 3.15. The van der Waals surface area contributed by atoms with Gasteiger partial charge in [0.05, 0.1) is 17.6 Å². The number of pyridine rings is 2. The van der Waals surface area contributed by atoms with Gasteiger partial charge in [0.25, 0.3) is 5.96 Å². The van der Waals surface area contributed by atoms with Crippen molar-refractivity contribution in [2.75, 3.05) is 6.67 Å². The maximum atomic E-state index is 13.6. The number of rotatable bonds is 4. The average molecular weight is 459 g/mol. The van der Waals surface area contributed by atoms with Crippen LogP contribution in [-0.2, 0) is 6.54 Å². The van der Waals surface area contributed by atoms with Crippen LogP contribution >= 0.6 is 0 Å². The van der Waals surface area contributed by atoms with E-state index in [1.807, 2.05) is 30.3 Å². The Morgan fingerprint density at radius 3 is 2.38 bits per heavy atom. The highest BCUT2D eigenvalue weighted by molar-refractivity contribution is 6.33. The molecule has 2 N–H and O–H groups in total. The summed E-state index contributed by atoms with van der Waals surface area (Å²) >= 11 is 0. The predicted octanol–water partition coefficient (Wildman–Crippen LogP) is 2.27. The molecule has 172 valence electrons. The fourth-order valence-corrected chi connectivity index (χ4v) is 4.18. The number of nitrogens with two attached hydrogens (primary N) is 1. The SMILES string of the molecule is Cc1cc(C2=C(c3ccccc3)N=C(N)N3CN(Cc4ccc(F)cn4)[N+]([O-])=C23)cc(C)[n+]1[O-]. The van der Waals surface area contributed by atoms with E-state index in [2.05, 4.69) is 9.98 Å². The Labute approximate surface area is 195 Å². The van der Waals surface area contributed by atoms with E-state index in [1.165, 1.54) is 17.1 Å². The minimum atomic E-state index is -0.449. The van der Waals surface area contributed by atoms with Crippen molar-refractivity contribution in [2.24, 2.45) is 10.7 Å². The number of amidine groups is 1. The molecule has 3 aromatic rings. The monoisotopic (exact) mass is 459 g/mol. The lowest BCUT2D eigenvalue weighted by molar-refractivity contribution is -0.630. The lowest BCUT2D eigenvalue weighted by atomic mass is 9.96. The summed E-state index contributed by atoms with van der Waals surface area (Å²) in [6.07, 6.45) is 1.11. The van der Waals surface area contributed by atoms with Crippen LogP contribution in [0.1, 0.15) is 28.2 Å². The molecule has 10 heteroatoms. The smallest absolute Gasteiger partial charge is 0.318 e. The van der Waals surface area contributed by atoms with E-state index in [9.17, 15) is 14.8 Å². The summed E-state index contributed by atoms with van der Waals surface area (Å²) in [5.74, 6) is 0.0303. The molecular weight excluding hydrogens is 437 g/mol. The van der Waals surface area contributed by atoms with Gasteiger partial charge in [0.2, 0.25) is 0 Å². The van der Waals surface area contributed by atoms with Crippen LogP contribution in [0.25, 0.3) is 11.3 Å². The summed E-state index contributed by atoms with van der Waals surface area (Å²) in [6.45, 7) is 3.72. The number of halogens is 1. The molecule has 0 bridgehead atoms. The van der Waals surface area contributed by atoms with Gasteiger partial charge in [0.15, 0.2) is 18.1 Å². The third-order valence-electron chi connectivity index (χ3n) is 5.80. The third-order valence-corrected chi connectivity index (χ3v) is 5.80. The molecule has 0 radical (unpaired) electrons. The Bertz CT molecular complexity index is 1340. The number of aromatic nitrogens is 2. The van der Waals surface area contributed by atoms with Crippen molar-refractivity contribution >= 4 is 23.1 Å². The molecule has 5 rings (SSSR count). The number of hydrogen-bond acceptors (Lipinski definition) is 7. The molecule has 2 aliphatic rings. The zero-order chi connectivity index (χ0) is 24.0. The van der Waals surface area contributed by atoms with E-state index in [0.29, 0.717) is 39.8 Å². The molecule has 2 aromatic heterocycles. The summed E-state index contributed by atoms with van der Waals surface area (Å²) in [6, 6.07) is 15.7. The zero-order valence-electron chi connectivity index (χ0n) is 18.6. The van der Waals surface area contributed by atoms with Gasteiger partial charge < -0.3 is 16.1 Å². The van der Waals surface area contributed by atoms with Crippen LogP contribution in [0.3, 0.4) is 0 Å². The van der Waals surface area contributed by atoms with E-state index < -0.39 is 5.82 Å². The second-order valence-corrected chi connectivity index (χ2v) is 8.18. The first-order valence-corrected chi connectivity index (χ1v) is 10.7. The molecular formula is C24H22FN7O2. The van der Waals surface area contributed by atoms with Gasteiger partial charge in [-0.15, -0.1) is 0 Å². The van der Waals surface area contributed by atoms with Gasteiger partial charge >= 0.3 is 5.84 Å². The van der Waals surface area contributed by atoms with Crippen molar-refractivity contribution in [3.05, 3.63) is 105 Å². The van der Waals surface area contributed by atoms with Gasteiger partial charge in [-0.25, -0.2) is 4.39 Å². The van der Waals surface area contributed by atoms with Gasteiger partial charge in [-0.05, 0) is 12.1 Å². The Balaban J connectivity index is 1.70. The molecule has 1 aromatic carbocycles. The number of hydrazone groups is 1. The maximum Gasteiger partial charge on any atom is 0.318 e. The largest absolute Gasteiger partial charge is 0.692 e. The molecule has 9 nitrogen and oxygen atoms in total. The quantitative estimate of drug-likeness (QED) is 0.473. The number of guanidine groups is 1. The van der Waals surface area contributed by atoms with Crippen molar-refractivity contribution < 1.29 is 14.0 Å². The Hall–Kier alpha value is -4.47. The van der Waals surface area contributed by atoms with Crippen LogP contribution in [0.2, 0.25) is 0 Å². The molecule has 34 heavy (non-hydrogen) atoms. The van der Waals surface area contributed by atoms with Crippen LogP contribution in [0, 0.1) is 30.1 Å². The summed E-state index contributed by atoms with van der Waals surface area (Å²) in [5.41, 5.74) is 10.4. The minimum absolute atomic E-state index is 0.144. The molecule has 0 unspecified atom stereocenters. The van der Waals surface area contributed by atoms with E-state index in [1.54, 1.807) is 30.9 Å². The summed E-state index contributed by atoms with van der Waals surface area (Å²) in [7, 11) is 0. The van der Waals surface area contributed by atoms with Crippen LogP contribution in [0.4, 0.5) is 4.39 Å². The van der Waals surface area contributed by atoms with E-state index in [0.717, 1.165) is 21.3 Å². The van der Waals surface area contributed by atoms with Gasteiger partial charge in [-0.3, -0.25) is 4.98 Å². The first kappa shape index (κ1) is 21.4. The number of aryl methyl sites for hydroxylation is 2. The van der Waals surface area contributed by atoms with E-state index in [-0.39, 0.29) is 19.2 Å². The number of hydrazine groups is 1. The number of aliphatic imine (C=N–C) groups is 1. The molecule has 0 saturated carbocycles. The standard InChI is InChI=1S/C24H22FN7O2/c1-15-10-18(11-16(2)31(15)33)21-22(17-6-4-3-5-7-17)28-24(26)30-14-29(32(34)23(21)30)13-20-9-8-19(25)12-27-20/h3-12H,13-14H2,1-2H3,(H2,26,28). The molecule has 0 aliphatic carbocycles. The van der Waals surface area contributed by atoms with Gasteiger partial charge in [-0.2, -0.15) is 24.5 Å². The molecule has 0 saturated heterocycles. The van der Waals surface area contributed by atoms with E-state index >= 15 is 0 Å². The lowest BCUT2D eigenvalue weighted by Gasteiger charge is -2.21. The van der Waals surface area contributed by atoms with Crippen molar-refractivity contribution in [1.82, 2.24) is 14.9 Å². The molecule has 0 amide bonds. The molecule has 0 fully saturated rings. The van der Waals surface area contributed by atoms with Crippen LogP contribution in [-0.4, -0.2) is 38.2 Å². The first-order valence-electron chi connectivity index (χ1n) is 10.7. The number of fused-ring (bicyclic) bond motifs is 1. The molecule has 0 spiro atoms. The number of nitrogens with zero attached hydrogens (tertiary/aromatic N) is 6. The highest BCUT2D eigenvalue weighted by atomic mass is 19.1. The Kier molecular flexibility index (Phi) is 5.12. The van der Waals surface area contributed by atoms with E-state index in [4.69, 9.17) is 5.73 Å². The maximum absolute atomic E-state index is 13.6. The molecule has 0 atom stereocenters. The van der Waals surface area contributed by atoms with Crippen molar-refractivity contribution in [2.45, 2.75) is 20.4 Å². The normalized spacial score (nSPS) is 15.7. The predicted molar refractivity (Wildman–Crippen MR) is 125 cm³/mol. The van der Waals surface area contributed by atoms with Gasteiger partial charge in [0.1, 0.15) is 17.9 Å². The number of hydrogen-bond donors (Lipinski definition) is 1. The molecule has 4 heterocycles. The third kappa shape index (κ3) is 3.58. The number of benzene rings is 1. The summed E-state index contributed by atoms with van der Waals surface area (Å²) in [4.78, 5) is 11.1. The molecule has 2 aliphatic heterocycles. The fraction of sp³-hybridized carbons (Fsp3) is 0.167. The van der Waals surface area contributed by atoms with Gasteiger partial charge in [0, 0.05) is 37.1 Å². The van der Waals surface area contributed by atoms with Crippen LogP contribution < -0.4 is 10.5 Å². The van der Waals surface area contributed by atoms with Gasteiger partial charge in [-0.1, -0.05) is 30.3 Å². The van der Waals surface area contributed by atoms with Crippen molar-refractivity contribution in [1.29, 1.82) is 0 Å². The highest BCUT2D eigenvalue weighted by Crippen LogP contribution is 2.35. The van der Waals surface area contributed by atoms with Crippen LogP contribution in [0.15, 0.2) is 65.8 Å². The fourth-order valence-electron chi connectivity index (χ4n) is 4.18. The Morgan fingerprint density at radius 1 is 1.03 bits per heavy atom. The summed E-state index contributed by atoms with van der Waals surface area (Å²) in [5, 5.41) is 27.4. The minimum Gasteiger partial charge on any atom is -0.692 e. The van der Waals surface area contributed by atoms with Crippen molar-refractivity contribution in [3.8, 4) is 0 Å².